The number of halogens is 1. The predicted molar refractivity (Wildman–Crippen MR) is 125 cm³/mol. The smallest absolute Gasteiger partial charge is 0.261 e. The number of benzene rings is 2. The molecule has 0 unspecified atom stereocenters. The lowest BCUT2D eigenvalue weighted by Gasteiger charge is -2.33. The van der Waals surface area contributed by atoms with Crippen LogP contribution < -0.4 is 15.0 Å². The Morgan fingerprint density at radius 1 is 1.27 bits per heavy atom. The fourth-order valence-electron chi connectivity index (χ4n) is 3.96. The number of nitrogens with zero attached hydrogens (tertiary/aromatic N) is 1. The van der Waals surface area contributed by atoms with E-state index in [4.69, 9.17) is 16.3 Å². The summed E-state index contributed by atoms with van der Waals surface area (Å²) in [6.45, 7) is 10.4. The monoisotopic (exact) mass is 428 g/mol. The lowest BCUT2D eigenvalue weighted by molar-refractivity contribution is -0.128. The van der Waals surface area contributed by atoms with Crippen LogP contribution in [0, 0.1) is 12.8 Å². The van der Waals surface area contributed by atoms with Gasteiger partial charge in [0, 0.05) is 23.8 Å². The minimum Gasteiger partial charge on any atom is -0.481 e. The largest absolute Gasteiger partial charge is 0.481 e. The van der Waals surface area contributed by atoms with Gasteiger partial charge in [0.1, 0.15) is 5.75 Å². The number of aryl methyl sites for hydroxylation is 1. The van der Waals surface area contributed by atoms with Crippen molar-refractivity contribution in [3.63, 3.8) is 0 Å². The molecule has 1 aliphatic heterocycles. The van der Waals surface area contributed by atoms with Crippen molar-refractivity contribution in [3.8, 4) is 5.75 Å². The molecule has 0 radical (unpaired) electrons. The number of hydrogen-bond acceptors (Lipinski definition) is 3. The van der Waals surface area contributed by atoms with Crippen molar-refractivity contribution >= 4 is 23.2 Å². The number of carbonyl (C=O) groups excluding carboxylic acids is 1. The van der Waals surface area contributed by atoms with Crippen molar-refractivity contribution in [3.05, 3.63) is 58.6 Å². The number of nitrogens with one attached hydrogen (secondary N) is 1. The molecule has 4 nitrogen and oxygen atoms in total. The van der Waals surface area contributed by atoms with Crippen LogP contribution in [0.15, 0.2) is 42.5 Å². The van der Waals surface area contributed by atoms with Crippen LogP contribution in [0.25, 0.3) is 0 Å². The topological polar surface area (TPSA) is 41.6 Å². The van der Waals surface area contributed by atoms with Crippen molar-refractivity contribution < 1.29 is 9.53 Å². The van der Waals surface area contributed by atoms with E-state index in [2.05, 4.69) is 41.4 Å². The molecule has 0 aromatic heterocycles. The Labute approximate surface area is 185 Å². The van der Waals surface area contributed by atoms with Gasteiger partial charge in [0.05, 0.1) is 6.04 Å². The third-order valence-electron chi connectivity index (χ3n) is 5.84. The molecule has 1 fully saturated rings. The van der Waals surface area contributed by atoms with E-state index >= 15 is 0 Å². The first kappa shape index (κ1) is 22.5. The standard InChI is InChI=1S/C25H33ClN2O2/c1-5-24(30-22-12-13-23(26)18(3)15-22)25(29)27-19(4)20-8-10-21(11-9-20)28-14-6-7-17(2)16-28/h8-13,15,17,19,24H,5-7,14,16H2,1-4H3,(H,27,29)/t17-,19+,24-/m1/s1. The Kier molecular flexibility index (Phi) is 7.65. The molecule has 0 aliphatic carbocycles. The van der Waals surface area contributed by atoms with Gasteiger partial charge in [-0.15, -0.1) is 0 Å². The van der Waals surface area contributed by atoms with Crippen molar-refractivity contribution in [2.75, 3.05) is 18.0 Å². The summed E-state index contributed by atoms with van der Waals surface area (Å²) >= 11 is 6.08. The van der Waals surface area contributed by atoms with E-state index in [1.165, 1.54) is 18.5 Å². The van der Waals surface area contributed by atoms with Crippen LogP contribution in [0.1, 0.15) is 57.2 Å². The highest BCUT2D eigenvalue weighted by Crippen LogP contribution is 2.25. The van der Waals surface area contributed by atoms with E-state index < -0.39 is 6.10 Å². The molecule has 3 rings (SSSR count). The highest BCUT2D eigenvalue weighted by Gasteiger charge is 2.21. The quantitative estimate of drug-likeness (QED) is 0.595. The third-order valence-corrected chi connectivity index (χ3v) is 6.27. The van der Waals surface area contributed by atoms with E-state index in [9.17, 15) is 4.79 Å². The fraction of sp³-hybridized carbons (Fsp3) is 0.480. The zero-order valence-corrected chi connectivity index (χ0v) is 19.2. The van der Waals surface area contributed by atoms with Crippen molar-refractivity contribution in [2.45, 2.75) is 59.1 Å². The first-order valence-corrected chi connectivity index (χ1v) is 11.3. The zero-order valence-electron chi connectivity index (χ0n) is 18.5. The highest BCUT2D eigenvalue weighted by molar-refractivity contribution is 6.31. The summed E-state index contributed by atoms with van der Waals surface area (Å²) in [7, 11) is 0. The van der Waals surface area contributed by atoms with E-state index in [0.29, 0.717) is 17.2 Å². The zero-order chi connectivity index (χ0) is 21.7. The number of piperidine rings is 1. The molecule has 1 amide bonds. The molecule has 1 saturated heterocycles. The average molecular weight is 429 g/mol. The van der Waals surface area contributed by atoms with Gasteiger partial charge in [-0.25, -0.2) is 0 Å². The Morgan fingerprint density at radius 3 is 2.63 bits per heavy atom. The number of rotatable bonds is 7. The Morgan fingerprint density at radius 2 is 2.00 bits per heavy atom. The first-order valence-electron chi connectivity index (χ1n) is 11.0. The second kappa shape index (κ2) is 10.2. The third kappa shape index (κ3) is 5.69. The maximum absolute atomic E-state index is 12.8. The molecule has 2 aromatic carbocycles. The normalized spacial score (nSPS) is 18.6. The molecule has 5 heteroatoms. The summed E-state index contributed by atoms with van der Waals surface area (Å²) in [5.74, 6) is 1.30. The first-order chi connectivity index (χ1) is 14.4. The summed E-state index contributed by atoms with van der Waals surface area (Å²) in [4.78, 5) is 15.2. The van der Waals surface area contributed by atoms with Gasteiger partial charge in [-0.3, -0.25) is 4.79 Å². The average Bonchev–Trinajstić information content (AvgIpc) is 2.74. The lowest BCUT2D eigenvalue weighted by Crippen LogP contribution is -2.39. The minimum absolute atomic E-state index is 0.0866. The number of anilines is 1. The molecule has 0 spiro atoms. The molecule has 1 heterocycles. The molecule has 162 valence electrons. The van der Waals surface area contributed by atoms with Crippen LogP contribution in [0.2, 0.25) is 5.02 Å². The van der Waals surface area contributed by atoms with Gasteiger partial charge >= 0.3 is 0 Å². The molecule has 0 saturated carbocycles. The van der Waals surface area contributed by atoms with Gasteiger partial charge in [0.2, 0.25) is 0 Å². The van der Waals surface area contributed by atoms with Crippen molar-refractivity contribution in [1.29, 1.82) is 0 Å². The number of amides is 1. The number of ether oxygens (including phenoxy) is 1. The van der Waals surface area contributed by atoms with Gasteiger partial charge in [-0.05, 0) is 80.5 Å². The van der Waals surface area contributed by atoms with E-state index in [0.717, 1.165) is 30.1 Å². The maximum Gasteiger partial charge on any atom is 0.261 e. The summed E-state index contributed by atoms with van der Waals surface area (Å²) in [6, 6.07) is 13.9. The lowest BCUT2D eigenvalue weighted by atomic mass is 9.99. The van der Waals surface area contributed by atoms with Gasteiger partial charge in [0.15, 0.2) is 6.10 Å². The van der Waals surface area contributed by atoms with Crippen LogP contribution in [0.4, 0.5) is 5.69 Å². The van der Waals surface area contributed by atoms with Crippen LogP contribution in [0.3, 0.4) is 0 Å². The van der Waals surface area contributed by atoms with Crippen LogP contribution >= 0.6 is 11.6 Å². The van der Waals surface area contributed by atoms with Crippen molar-refractivity contribution in [2.24, 2.45) is 5.92 Å². The number of carbonyl (C=O) groups is 1. The Hall–Kier alpha value is -2.20. The van der Waals surface area contributed by atoms with E-state index in [-0.39, 0.29) is 11.9 Å². The second-order valence-corrected chi connectivity index (χ2v) is 8.85. The summed E-state index contributed by atoms with van der Waals surface area (Å²) < 4.78 is 5.93. The molecule has 1 N–H and O–H groups in total. The van der Waals surface area contributed by atoms with E-state index in [1.807, 2.05) is 26.8 Å². The van der Waals surface area contributed by atoms with Crippen molar-refractivity contribution in [1.82, 2.24) is 5.32 Å². The molecular formula is C25H33ClN2O2. The fourth-order valence-corrected chi connectivity index (χ4v) is 4.08. The van der Waals surface area contributed by atoms with E-state index in [1.54, 1.807) is 12.1 Å². The van der Waals surface area contributed by atoms with Gasteiger partial charge in [-0.1, -0.05) is 37.6 Å². The minimum atomic E-state index is -0.540. The van der Waals surface area contributed by atoms with Crippen LogP contribution in [-0.2, 0) is 4.79 Å². The molecule has 30 heavy (non-hydrogen) atoms. The Balaban J connectivity index is 1.60. The Bertz CT molecular complexity index is 853. The molecule has 0 bridgehead atoms. The van der Waals surface area contributed by atoms with Gasteiger partial charge in [-0.2, -0.15) is 0 Å². The predicted octanol–water partition coefficient (Wildman–Crippen LogP) is 5.92. The SMILES string of the molecule is CC[C@@H](Oc1ccc(Cl)c(C)c1)C(=O)N[C@@H](C)c1ccc(N2CCC[C@@H](C)C2)cc1. The molecular weight excluding hydrogens is 396 g/mol. The number of hydrogen-bond donors (Lipinski definition) is 1. The van der Waals surface area contributed by atoms with Crippen LogP contribution in [-0.4, -0.2) is 25.1 Å². The van der Waals surface area contributed by atoms with Gasteiger partial charge in [0.25, 0.3) is 5.91 Å². The summed E-state index contributed by atoms with van der Waals surface area (Å²) in [5.41, 5.74) is 3.28. The molecule has 3 atom stereocenters. The van der Waals surface area contributed by atoms with Crippen LogP contribution in [0.5, 0.6) is 5.75 Å². The summed E-state index contributed by atoms with van der Waals surface area (Å²) in [6.07, 6.45) is 2.61. The highest BCUT2D eigenvalue weighted by atomic mass is 35.5. The van der Waals surface area contributed by atoms with Gasteiger partial charge < -0.3 is 15.0 Å². The second-order valence-electron chi connectivity index (χ2n) is 8.44. The molecule has 1 aliphatic rings. The molecule has 2 aromatic rings. The summed E-state index contributed by atoms with van der Waals surface area (Å²) in [5, 5.41) is 3.79. The maximum atomic E-state index is 12.8.